The molecule has 0 bridgehead atoms. The van der Waals surface area contributed by atoms with Gasteiger partial charge in [-0.15, -0.1) is 16.9 Å². The maximum atomic E-state index is 5.56. The lowest BCUT2D eigenvalue weighted by atomic mass is 10.3. The highest BCUT2D eigenvalue weighted by Crippen LogP contribution is 2.27. The molecule has 6 heteroatoms. The average Bonchev–Trinajstić information content (AvgIpc) is 3.17. The number of rotatable bonds is 6. The third kappa shape index (κ3) is 3.27. The van der Waals surface area contributed by atoms with Crippen LogP contribution in [-0.2, 0) is 6.54 Å². The predicted molar refractivity (Wildman–Crippen MR) is 75.7 cm³/mol. The first-order valence-electron chi connectivity index (χ1n) is 6.31. The number of nitrogens with one attached hydrogen (secondary N) is 2. The molecule has 3 rings (SSSR count). The Kier molecular flexibility index (Phi) is 3.70. The Morgan fingerprint density at radius 3 is 2.95 bits per heavy atom. The molecule has 5 nitrogen and oxygen atoms in total. The van der Waals surface area contributed by atoms with Gasteiger partial charge in [-0.1, -0.05) is 17.2 Å². The van der Waals surface area contributed by atoms with E-state index in [1.165, 1.54) is 12.8 Å². The molecule has 0 saturated heterocycles. The highest BCUT2D eigenvalue weighted by Gasteiger charge is 2.21. The minimum atomic E-state index is 0.439. The molecule has 1 saturated carbocycles. The SMILES string of the molecule is CSc1ccccc1Nc1nnc(CNC2CC2)o1. The van der Waals surface area contributed by atoms with Crippen molar-refractivity contribution in [2.75, 3.05) is 11.6 Å². The van der Waals surface area contributed by atoms with Gasteiger partial charge in [0, 0.05) is 10.9 Å². The van der Waals surface area contributed by atoms with Gasteiger partial charge < -0.3 is 15.1 Å². The van der Waals surface area contributed by atoms with Crippen LogP contribution in [0.15, 0.2) is 33.6 Å². The van der Waals surface area contributed by atoms with Crippen molar-refractivity contribution in [1.29, 1.82) is 0 Å². The van der Waals surface area contributed by atoms with Crippen LogP contribution in [0, 0.1) is 0 Å². The zero-order chi connectivity index (χ0) is 13.1. The lowest BCUT2D eigenvalue weighted by Gasteiger charge is -2.05. The number of para-hydroxylation sites is 1. The van der Waals surface area contributed by atoms with E-state index in [1.807, 2.05) is 24.5 Å². The summed E-state index contributed by atoms with van der Waals surface area (Å²) in [7, 11) is 0. The molecular formula is C13H16N4OS. The molecule has 1 aromatic carbocycles. The van der Waals surface area contributed by atoms with Gasteiger partial charge in [-0.05, 0) is 31.2 Å². The fraction of sp³-hybridized carbons (Fsp3) is 0.385. The summed E-state index contributed by atoms with van der Waals surface area (Å²) in [6.07, 6.45) is 4.54. The maximum absolute atomic E-state index is 5.56. The molecule has 0 amide bonds. The Morgan fingerprint density at radius 2 is 2.16 bits per heavy atom. The molecule has 0 radical (unpaired) electrons. The number of aromatic nitrogens is 2. The fourth-order valence-corrected chi connectivity index (χ4v) is 2.31. The third-order valence-electron chi connectivity index (χ3n) is 2.93. The van der Waals surface area contributed by atoms with Crippen molar-refractivity contribution in [3.05, 3.63) is 30.2 Å². The molecular weight excluding hydrogens is 260 g/mol. The molecule has 1 fully saturated rings. The first-order chi connectivity index (χ1) is 9.35. The van der Waals surface area contributed by atoms with Crippen molar-refractivity contribution >= 4 is 23.5 Å². The Hall–Kier alpha value is -1.53. The lowest BCUT2D eigenvalue weighted by Crippen LogP contribution is -2.15. The summed E-state index contributed by atoms with van der Waals surface area (Å²) in [6.45, 7) is 0.642. The van der Waals surface area contributed by atoms with E-state index in [-0.39, 0.29) is 0 Å². The van der Waals surface area contributed by atoms with Crippen LogP contribution in [-0.4, -0.2) is 22.5 Å². The van der Waals surface area contributed by atoms with Crippen molar-refractivity contribution < 1.29 is 4.42 Å². The number of anilines is 2. The molecule has 0 unspecified atom stereocenters. The molecule has 1 heterocycles. The predicted octanol–water partition coefficient (Wildman–Crippen LogP) is 2.79. The Morgan fingerprint density at radius 1 is 1.32 bits per heavy atom. The van der Waals surface area contributed by atoms with Crippen LogP contribution in [0.3, 0.4) is 0 Å². The Balaban J connectivity index is 1.65. The number of thioether (sulfide) groups is 1. The molecule has 100 valence electrons. The summed E-state index contributed by atoms with van der Waals surface area (Å²) in [4.78, 5) is 1.15. The minimum Gasteiger partial charge on any atom is -0.406 e. The number of hydrogen-bond donors (Lipinski definition) is 2. The molecule has 19 heavy (non-hydrogen) atoms. The van der Waals surface area contributed by atoms with Crippen LogP contribution in [0.4, 0.5) is 11.7 Å². The van der Waals surface area contributed by atoms with Crippen LogP contribution >= 0.6 is 11.8 Å². The molecule has 1 aliphatic rings. The van der Waals surface area contributed by atoms with Gasteiger partial charge in [0.2, 0.25) is 5.89 Å². The summed E-state index contributed by atoms with van der Waals surface area (Å²) in [5, 5.41) is 14.5. The number of nitrogens with zero attached hydrogens (tertiary/aromatic N) is 2. The van der Waals surface area contributed by atoms with Crippen molar-refractivity contribution in [1.82, 2.24) is 15.5 Å². The second-order valence-electron chi connectivity index (χ2n) is 4.48. The van der Waals surface area contributed by atoms with E-state index < -0.39 is 0 Å². The summed E-state index contributed by atoms with van der Waals surface area (Å²) < 4.78 is 5.56. The second-order valence-corrected chi connectivity index (χ2v) is 5.33. The van der Waals surface area contributed by atoms with E-state index in [2.05, 4.69) is 26.9 Å². The Labute approximate surface area is 116 Å². The van der Waals surface area contributed by atoms with Gasteiger partial charge in [-0.2, -0.15) is 0 Å². The maximum Gasteiger partial charge on any atom is 0.320 e. The van der Waals surface area contributed by atoms with Gasteiger partial charge in [-0.3, -0.25) is 0 Å². The molecule has 1 aromatic heterocycles. The molecule has 0 spiro atoms. The van der Waals surface area contributed by atoms with Gasteiger partial charge >= 0.3 is 6.01 Å². The zero-order valence-corrected chi connectivity index (χ0v) is 11.5. The largest absolute Gasteiger partial charge is 0.406 e. The summed E-state index contributed by atoms with van der Waals surface area (Å²) in [6, 6.07) is 9.12. The van der Waals surface area contributed by atoms with Gasteiger partial charge in [0.05, 0.1) is 12.2 Å². The van der Waals surface area contributed by atoms with Crippen molar-refractivity contribution in [2.24, 2.45) is 0 Å². The van der Waals surface area contributed by atoms with Gasteiger partial charge in [0.15, 0.2) is 0 Å². The average molecular weight is 276 g/mol. The number of benzene rings is 1. The molecule has 1 aliphatic carbocycles. The molecule has 2 aromatic rings. The van der Waals surface area contributed by atoms with Gasteiger partial charge in [0.25, 0.3) is 0 Å². The standard InChI is InChI=1S/C13H16N4OS/c1-19-11-5-3-2-4-10(11)15-13-17-16-12(18-13)8-14-9-6-7-9/h2-5,9,14H,6-8H2,1H3,(H,15,17). The summed E-state index contributed by atoms with van der Waals surface area (Å²) in [5.41, 5.74) is 0.986. The van der Waals surface area contributed by atoms with Crippen LogP contribution in [0.5, 0.6) is 0 Å². The highest BCUT2D eigenvalue weighted by molar-refractivity contribution is 7.98. The third-order valence-corrected chi connectivity index (χ3v) is 3.73. The van der Waals surface area contributed by atoms with Crippen LogP contribution in [0.1, 0.15) is 18.7 Å². The monoisotopic (exact) mass is 276 g/mol. The van der Waals surface area contributed by atoms with E-state index in [0.29, 0.717) is 24.5 Å². The van der Waals surface area contributed by atoms with Gasteiger partial charge in [-0.25, -0.2) is 0 Å². The smallest absolute Gasteiger partial charge is 0.320 e. The van der Waals surface area contributed by atoms with E-state index in [1.54, 1.807) is 11.8 Å². The lowest BCUT2D eigenvalue weighted by molar-refractivity contribution is 0.478. The second kappa shape index (κ2) is 5.63. The van der Waals surface area contributed by atoms with Gasteiger partial charge in [0.1, 0.15) is 0 Å². The van der Waals surface area contributed by atoms with E-state index >= 15 is 0 Å². The first kappa shape index (κ1) is 12.5. The molecule has 2 N–H and O–H groups in total. The first-order valence-corrected chi connectivity index (χ1v) is 7.53. The highest BCUT2D eigenvalue weighted by atomic mass is 32.2. The normalized spacial score (nSPS) is 14.6. The Bertz CT molecular complexity index is 553. The zero-order valence-electron chi connectivity index (χ0n) is 10.7. The van der Waals surface area contributed by atoms with E-state index in [4.69, 9.17) is 4.42 Å². The molecule has 0 atom stereocenters. The van der Waals surface area contributed by atoms with Crippen LogP contribution in [0.25, 0.3) is 0 Å². The van der Waals surface area contributed by atoms with E-state index in [0.717, 1.165) is 10.6 Å². The van der Waals surface area contributed by atoms with Crippen molar-refractivity contribution in [2.45, 2.75) is 30.3 Å². The van der Waals surface area contributed by atoms with E-state index in [9.17, 15) is 0 Å². The van der Waals surface area contributed by atoms with Crippen LogP contribution < -0.4 is 10.6 Å². The van der Waals surface area contributed by atoms with Crippen LogP contribution in [0.2, 0.25) is 0 Å². The van der Waals surface area contributed by atoms with Crippen molar-refractivity contribution in [3.63, 3.8) is 0 Å². The fourth-order valence-electron chi connectivity index (χ4n) is 1.76. The minimum absolute atomic E-state index is 0.439. The quantitative estimate of drug-likeness (QED) is 0.791. The van der Waals surface area contributed by atoms with Crippen molar-refractivity contribution in [3.8, 4) is 0 Å². The topological polar surface area (TPSA) is 63.0 Å². The summed E-state index contributed by atoms with van der Waals surface area (Å²) >= 11 is 1.68. The number of hydrogen-bond acceptors (Lipinski definition) is 6. The molecule has 0 aliphatic heterocycles. The summed E-state index contributed by atoms with van der Waals surface area (Å²) in [5.74, 6) is 0.621.